The van der Waals surface area contributed by atoms with Gasteiger partial charge in [-0.3, -0.25) is 28.9 Å². The Morgan fingerprint density at radius 3 is 1.95 bits per heavy atom. The summed E-state index contributed by atoms with van der Waals surface area (Å²) in [4.78, 5) is 50.0. The molecule has 1 fully saturated rings. The van der Waals surface area contributed by atoms with Crippen molar-refractivity contribution in [1.29, 1.82) is 0 Å². The highest BCUT2D eigenvalue weighted by atomic mass is 28.3. The fraction of sp³-hybridized carbons (Fsp3) is 0.210. The summed E-state index contributed by atoms with van der Waals surface area (Å²) in [5.41, 5.74) is 6.79. The van der Waals surface area contributed by atoms with E-state index in [2.05, 4.69) is 42.5 Å². The smallest absolute Gasteiger partial charge is 0.264 e. The first-order valence-electron chi connectivity index (χ1n) is 25.7. The topological polar surface area (TPSA) is 130 Å². The van der Waals surface area contributed by atoms with Crippen molar-refractivity contribution >= 4 is 81.0 Å². The molecule has 1 spiro atoms. The Kier molecular flexibility index (Phi) is 11.0. The monoisotopic (exact) mass is 1010 g/mol. The molecule has 5 atom stereocenters. The molecule has 13 rings (SSSR count). The first-order chi connectivity index (χ1) is 36.5. The number of anilines is 5. The molecule has 0 aliphatic carbocycles. The zero-order chi connectivity index (χ0) is 51.3. The van der Waals surface area contributed by atoms with Gasteiger partial charge in [0.25, 0.3) is 17.7 Å². The Morgan fingerprint density at radius 1 is 0.707 bits per heavy atom. The van der Waals surface area contributed by atoms with Crippen molar-refractivity contribution in [3.8, 4) is 5.75 Å². The number of amides is 3. The number of methoxy groups -OCH3 is 1. The molecule has 0 bridgehead atoms. The lowest BCUT2D eigenvalue weighted by molar-refractivity contribution is -0.146. The molecule has 0 saturated carbocycles. The molecule has 4 aliphatic rings. The van der Waals surface area contributed by atoms with Crippen LogP contribution in [0, 0.1) is 5.92 Å². The second kappa shape index (κ2) is 17.7. The molecule has 1 unspecified atom stereocenters. The Labute approximate surface area is 435 Å². The van der Waals surface area contributed by atoms with Gasteiger partial charge in [-0.1, -0.05) is 134 Å². The third-order valence-corrected chi connectivity index (χ3v) is 21.0. The van der Waals surface area contributed by atoms with Crippen LogP contribution in [0.1, 0.15) is 62.4 Å². The minimum atomic E-state index is -2.57. The summed E-state index contributed by atoms with van der Waals surface area (Å²) in [6.45, 7) is 7.49. The second-order valence-corrected chi connectivity index (χ2v) is 25.6. The molecule has 1 N–H and O–H groups in total. The molecule has 4 aliphatic heterocycles. The van der Waals surface area contributed by atoms with Crippen molar-refractivity contribution in [3.05, 3.63) is 210 Å². The van der Waals surface area contributed by atoms with Crippen molar-refractivity contribution < 1.29 is 29.0 Å². The Morgan fingerprint density at radius 2 is 1.32 bits per heavy atom. The minimum Gasteiger partial charge on any atom is -0.497 e. The van der Waals surface area contributed by atoms with Crippen molar-refractivity contribution in [3.63, 3.8) is 0 Å². The van der Waals surface area contributed by atoms with Crippen LogP contribution in [-0.4, -0.2) is 65.7 Å². The number of carbonyl (C=O) groups is 3. The number of aliphatic hydroxyl groups excluding tert-OH is 1. The lowest BCUT2D eigenvalue weighted by Crippen LogP contribution is -2.51. The van der Waals surface area contributed by atoms with Gasteiger partial charge in [-0.2, -0.15) is 0 Å². The highest BCUT2D eigenvalue weighted by molar-refractivity contribution is 6.91. The van der Waals surface area contributed by atoms with Crippen LogP contribution >= 0.6 is 0 Å². The Bertz CT molecular complexity index is 3760. The van der Waals surface area contributed by atoms with E-state index in [1.54, 1.807) is 16.9 Å². The average Bonchev–Trinajstić information content (AvgIpc) is 4.38. The number of fused-ring (bicyclic) bond motifs is 2. The number of benzene rings is 8. The number of aromatic nitrogens is 3. The summed E-state index contributed by atoms with van der Waals surface area (Å²) >= 11 is 0. The highest BCUT2D eigenvalue weighted by Gasteiger charge is 2.66. The zero-order valence-corrected chi connectivity index (χ0v) is 43.1. The summed E-state index contributed by atoms with van der Waals surface area (Å²) in [7, 11) is -0.898. The molecule has 1 saturated heterocycles. The Hall–Kier alpha value is -8.23. The van der Waals surface area contributed by atoms with Crippen LogP contribution < -0.4 is 24.6 Å². The van der Waals surface area contributed by atoms with E-state index in [0.717, 1.165) is 66.7 Å². The van der Waals surface area contributed by atoms with E-state index in [-0.39, 0.29) is 48.3 Å². The van der Waals surface area contributed by atoms with Crippen LogP contribution in [0.15, 0.2) is 176 Å². The highest BCUT2D eigenvalue weighted by Crippen LogP contribution is 2.61. The molecule has 75 heavy (non-hydrogen) atoms. The molecule has 5 heterocycles. The fourth-order valence-corrected chi connectivity index (χ4v) is 17.1. The number of ether oxygens (including phenoxy) is 2. The van der Waals surface area contributed by atoms with Crippen molar-refractivity contribution in [2.75, 3.05) is 28.4 Å². The van der Waals surface area contributed by atoms with E-state index >= 15 is 4.79 Å². The van der Waals surface area contributed by atoms with Crippen LogP contribution in [0.25, 0.3) is 21.5 Å². The van der Waals surface area contributed by atoms with Gasteiger partial charge in [0, 0.05) is 46.4 Å². The SMILES string of the molecule is COc1ccc([Si](C)(C)[C@@H]2[C@@H](CCn3cc(C(CO)c4ccccc4)nn3)O[C@]3(C(=O)N(Cc4ccc(N5C(=O)c6cccc7cccc5c67)cc4)c4ccc(N5C(=O)c6cccc7cccc5c67)cc43)[C@H]2C)cc1. The van der Waals surface area contributed by atoms with E-state index in [4.69, 9.17) is 9.47 Å². The molecule has 9 aromatic rings. The number of nitrogens with zero attached hydrogens (tertiary/aromatic N) is 6. The van der Waals surface area contributed by atoms with E-state index < -0.39 is 19.8 Å². The maximum absolute atomic E-state index is 16.2. The molecule has 1 aromatic heterocycles. The zero-order valence-electron chi connectivity index (χ0n) is 42.1. The number of rotatable bonds is 13. The summed E-state index contributed by atoms with van der Waals surface area (Å²) in [5, 5.41) is 24.7. The van der Waals surface area contributed by atoms with Crippen molar-refractivity contribution in [1.82, 2.24) is 15.0 Å². The van der Waals surface area contributed by atoms with Gasteiger partial charge < -0.3 is 19.5 Å². The first kappa shape index (κ1) is 46.5. The Balaban J connectivity index is 0.898. The largest absolute Gasteiger partial charge is 0.497 e. The van der Waals surface area contributed by atoms with Crippen LogP contribution in [-0.2, 0) is 28.2 Å². The molecule has 372 valence electrons. The predicted molar refractivity (Wildman–Crippen MR) is 294 cm³/mol. The van der Waals surface area contributed by atoms with Crippen LogP contribution in [0.3, 0.4) is 0 Å². The van der Waals surface area contributed by atoms with Gasteiger partial charge in [-0.25, -0.2) is 0 Å². The number of aryl methyl sites for hydroxylation is 1. The lowest BCUT2D eigenvalue weighted by Gasteiger charge is -2.37. The van der Waals surface area contributed by atoms with Gasteiger partial charge in [0.2, 0.25) is 0 Å². The third-order valence-electron chi connectivity index (χ3n) is 16.7. The molecule has 8 aromatic carbocycles. The van der Waals surface area contributed by atoms with E-state index in [1.807, 2.05) is 174 Å². The number of hydrogen-bond acceptors (Lipinski definition) is 8. The average molecular weight is 1010 g/mol. The van der Waals surface area contributed by atoms with Gasteiger partial charge in [-0.05, 0) is 101 Å². The fourth-order valence-electron chi connectivity index (χ4n) is 13.0. The quantitative estimate of drug-likeness (QED) is 0.113. The number of aliphatic hydroxyl groups is 1. The van der Waals surface area contributed by atoms with Crippen LogP contribution in [0.2, 0.25) is 18.6 Å². The van der Waals surface area contributed by atoms with Crippen LogP contribution in [0.4, 0.5) is 28.4 Å². The number of carbonyl (C=O) groups excluding carboxylic acids is 3. The maximum atomic E-state index is 16.2. The first-order valence-corrected chi connectivity index (χ1v) is 28.7. The van der Waals surface area contributed by atoms with Gasteiger partial charge in [0.05, 0.1) is 74.2 Å². The van der Waals surface area contributed by atoms with Crippen molar-refractivity contribution in [2.24, 2.45) is 5.92 Å². The van der Waals surface area contributed by atoms with E-state index in [0.29, 0.717) is 35.5 Å². The molecular formula is C62H54N6O6Si. The lowest BCUT2D eigenvalue weighted by atomic mass is 9.82. The maximum Gasteiger partial charge on any atom is 0.264 e. The van der Waals surface area contributed by atoms with Gasteiger partial charge in [0.15, 0.2) is 5.60 Å². The van der Waals surface area contributed by atoms with Crippen molar-refractivity contribution in [2.45, 2.75) is 62.7 Å². The standard InChI is InChI=1S/C62H54N6O6Si/c1-38-58(75(3,4)46-29-27-45(73-2)28-30-46)55(32-33-65-36-51(63-64-65)49(37-69)40-12-6-5-7-13-40)74-62(38)50-34-44(68-54-21-11-17-42-15-9-19-48(57(42)54)60(68)71)26-31-52(50)66(61(62)72)35-39-22-24-43(25-23-39)67-53-20-10-16-41-14-8-18-47(56(41)53)59(67)70/h5-31,34,36,38,49,55,58,69H,32-33,35,37H2,1-4H3/t38-,49?,55+,58-,62+/m0/s1. The van der Waals surface area contributed by atoms with E-state index in [1.165, 1.54) is 5.19 Å². The van der Waals surface area contributed by atoms with Gasteiger partial charge >= 0.3 is 0 Å². The van der Waals surface area contributed by atoms with Gasteiger partial charge in [0.1, 0.15) is 5.75 Å². The molecular weight excluding hydrogens is 953 g/mol. The third kappa shape index (κ3) is 7.12. The summed E-state index contributed by atoms with van der Waals surface area (Å²) < 4.78 is 15.1. The van der Waals surface area contributed by atoms with Gasteiger partial charge in [-0.15, -0.1) is 5.10 Å². The minimum absolute atomic E-state index is 0.0739. The van der Waals surface area contributed by atoms with Crippen LogP contribution in [0.5, 0.6) is 5.75 Å². The summed E-state index contributed by atoms with van der Waals surface area (Å²) in [5.74, 6) is -0.254. The second-order valence-electron chi connectivity index (χ2n) is 20.9. The molecule has 13 heteroatoms. The predicted octanol–water partition coefficient (Wildman–Crippen LogP) is 11.2. The molecule has 0 radical (unpaired) electrons. The summed E-state index contributed by atoms with van der Waals surface area (Å²) in [6, 6.07) is 55.6. The normalized spacial score (nSPS) is 20.1. The molecule has 12 nitrogen and oxygen atoms in total. The number of hydrogen-bond donors (Lipinski definition) is 1. The molecule has 3 amide bonds. The summed E-state index contributed by atoms with van der Waals surface area (Å²) in [6.07, 6.45) is 2.03. The van der Waals surface area contributed by atoms with E-state index in [9.17, 15) is 14.7 Å².